The van der Waals surface area contributed by atoms with Crippen LogP contribution in [-0.2, 0) is 4.79 Å². The van der Waals surface area contributed by atoms with E-state index < -0.39 is 0 Å². The first kappa shape index (κ1) is 16.1. The summed E-state index contributed by atoms with van der Waals surface area (Å²) in [6.45, 7) is 0. The molecular weight excluding hydrogens is 326 g/mol. The van der Waals surface area contributed by atoms with E-state index in [1.165, 1.54) is 0 Å². The third-order valence-corrected chi connectivity index (χ3v) is 4.36. The number of nitrogens with one attached hydrogen (secondary N) is 3. The van der Waals surface area contributed by atoms with Gasteiger partial charge in [0.1, 0.15) is 5.70 Å². The van der Waals surface area contributed by atoms with Crippen LogP contribution >= 0.6 is 0 Å². The number of aromatic amines is 1. The van der Waals surface area contributed by atoms with Crippen molar-refractivity contribution in [2.75, 3.05) is 0 Å². The molecule has 26 heavy (non-hydrogen) atoms. The van der Waals surface area contributed by atoms with Gasteiger partial charge in [-0.1, -0.05) is 36.4 Å². The number of H-pyrrole nitrogens is 1. The number of benzene rings is 2. The van der Waals surface area contributed by atoms with Gasteiger partial charge in [0.2, 0.25) is 0 Å². The Bertz CT molecular complexity index is 985. The van der Waals surface area contributed by atoms with Crippen LogP contribution in [-0.4, -0.2) is 22.8 Å². The predicted octanol–water partition coefficient (Wildman–Crippen LogP) is 3.22. The zero-order chi connectivity index (χ0) is 17.9. The van der Waals surface area contributed by atoms with Gasteiger partial charge in [-0.25, -0.2) is 0 Å². The Balaban J connectivity index is 1.66. The Morgan fingerprint density at radius 2 is 1.73 bits per heavy atom. The molecule has 0 aliphatic heterocycles. The van der Waals surface area contributed by atoms with Crippen LogP contribution in [0.4, 0.5) is 0 Å². The summed E-state index contributed by atoms with van der Waals surface area (Å²) in [6, 6.07) is 16.9. The monoisotopic (exact) mass is 345 g/mol. The van der Waals surface area contributed by atoms with Crippen molar-refractivity contribution >= 4 is 28.8 Å². The van der Waals surface area contributed by atoms with Crippen LogP contribution in [0.1, 0.15) is 28.8 Å². The Kier molecular flexibility index (Phi) is 4.27. The molecule has 1 saturated carbocycles. The van der Waals surface area contributed by atoms with E-state index >= 15 is 0 Å². The Morgan fingerprint density at radius 3 is 2.50 bits per heavy atom. The van der Waals surface area contributed by atoms with E-state index in [-0.39, 0.29) is 23.6 Å². The maximum absolute atomic E-state index is 12.6. The van der Waals surface area contributed by atoms with Gasteiger partial charge in [0.15, 0.2) is 0 Å². The second kappa shape index (κ2) is 6.88. The van der Waals surface area contributed by atoms with Crippen molar-refractivity contribution < 1.29 is 9.59 Å². The summed E-state index contributed by atoms with van der Waals surface area (Å²) in [6.07, 6.45) is 5.53. The summed E-state index contributed by atoms with van der Waals surface area (Å²) in [5.74, 6) is -0.565. The average molecular weight is 345 g/mol. The minimum atomic E-state index is -0.303. The number of aromatic nitrogens is 1. The van der Waals surface area contributed by atoms with Gasteiger partial charge in [-0.2, -0.15) is 0 Å². The first-order valence-electron chi connectivity index (χ1n) is 8.66. The lowest BCUT2D eigenvalue weighted by atomic mass is 10.1. The zero-order valence-electron chi connectivity index (χ0n) is 14.2. The molecular formula is C21H19N3O2. The number of fused-ring (bicyclic) bond motifs is 1. The summed E-state index contributed by atoms with van der Waals surface area (Å²) >= 11 is 0. The van der Waals surface area contributed by atoms with E-state index in [9.17, 15) is 9.59 Å². The van der Waals surface area contributed by atoms with Gasteiger partial charge in [0, 0.05) is 34.3 Å². The Labute approximate surface area is 151 Å². The van der Waals surface area contributed by atoms with Crippen LogP contribution in [0, 0.1) is 0 Å². The van der Waals surface area contributed by atoms with Crippen LogP contribution in [0.25, 0.3) is 17.0 Å². The molecule has 1 aliphatic carbocycles. The SMILES string of the molecule is O=C(NC1CC1)C(=Cc1c[nH]c2ccccc12)NC(=O)c1ccccc1. The highest BCUT2D eigenvalue weighted by molar-refractivity contribution is 6.06. The lowest BCUT2D eigenvalue weighted by molar-refractivity contribution is -0.117. The number of carbonyl (C=O) groups is 2. The molecule has 3 N–H and O–H groups in total. The highest BCUT2D eigenvalue weighted by Gasteiger charge is 2.25. The minimum absolute atomic E-state index is 0.211. The third-order valence-electron chi connectivity index (χ3n) is 4.36. The molecule has 3 aromatic rings. The molecule has 0 unspecified atom stereocenters. The fourth-order valence-electron chi connectivity index (χ4n) is 2.80. The van der Waals surface area contributed by atoms with Gasteiger partial charge < -0.3 is 15.6 Å². The van der Waals surface area contributed by atoms with Gasteiger partial charge in [-0.3, -0.25) is 9.59 Å². The normalized spacial score (nSPS) is 14.2. The van der Waals surface area contributed by atoms with Gasteiger partial charge in [-0.05, 0) is 37.1 Å². The Morgan fingerprint density at radius 1 is 1.00 bits per heavy atom. The van der Waals surface area contributed by atoms with Gasteiger partial charge in [-0.15, -0.1) is 0 Å². The highest BCUT2D eigenvalue weighted by Crippen LogP contribution is 2.22. The zero-order valence-corrected chi connectivity index (χ0v) is 14.2. The van der Waals surface area contributed by atoms with Crippen molar-refractivity contribution in [3.8, 4) is 0 Å². The quantitative estimate of drug-likeness (QED) is 0.621. The van der Waals surface area contributed by atoms with Crippen molar-refractivity contribution in [2.45, 2.75) is 18.9 Å². The van der Waals surface area contributed by atoms with Crippen molar-refractivity contribution in [1.82, 2.24) is 15.6 Å². The topological polar surface area (TPSA) is 74.0 Å². The summed E-state index contributed by atoms with van der Waals surface area (Å²) < 4.78 is 0. The molecule has 2 amide bonds. The molecule has 0 atom stereocenters. The van der Waals surface area contributed by atoms with E-state index in [2.05, 4.69) is 15.6 Å². The van der Waals surface area contributed by atoms with E-state index in [1.54, 1.807) is 30.3 Å². The van der Waals surface area contributed by atoms with Crippen LogP contribution in [0.2, 0.25) is 0 Å². The summed E-state index contributed by atoms with van der Waals surface area (Å²) in [5, 5.41) is 6.70. The molecule has 5 nitrogen and oxygen atoms in total. The summed E-state index contributed by atoms with van der Waals surface area (Å²) in [5.41, 5.74) is 2.59. The van der Waals surface area contributed by atoms with Gasteiger partial charge >= 0.3 is 0 Å². The lowest BCUT2D eigenvalue weighted by Gasteiger charge is -2.10. The molecule has 0 saturated heterocycles. The Hall–Kier alpha value is -3.34. The van der Waals surface area contributed by atoms with Crippen LogP contribution in [0.15, 0.2) is 66.5 Å². The van der Waals surface area contributed by atoms with Crippen molar-refractivity contribution in [3.63, 3.8) is 0 Å². The number of hydrogen-bond acceptors (Lipinski definition) is 2. The number of carbonyl (C=O) groups excluding carboxylic acids is 2. The molecule has 1 heterocycles. The minimum Gasteiger partial charge on any atom is -0.361 e. The molecule has 0 radical (unpaired) electrons. The van der Waals surface area contributed by atoms with Crippen LogP contribution in [0.5, 0.6) is 0 Å². The molecule has 1 fully saturated rings. The van der Waals surface area contributed by atoms with Crippen molar-refractivity contribution in [1.29, 1.82) is 0 Å². The second-order valence-corrected chi connectivity index (χ2v) is 6.42. The fourth-order valence-corrected chi connectivity index (χ4v) is 2.80. The average Bonchev–Trinajstić information content (AvgIpc) is 3.40. The molecule has 2 aromatic carbocycles. The fraction of sp³-hybridized carbons (Fsp3) is 0.143. The molecule has 0 spiro atoms. The molecule has 1 aliphatic rings. The lowest BCUT2D eigenvalue weighted by Crippen LogP contribution is -2.35. The predicted molar refractivity (Wildman–Crippen MR) is 101 cm³/mol. The number of amides is 2. The molecule has 5 heteroatoms. The first-order valence-corrected chi connectivity index (χ1v) is 8.66. The van der Waals surface area contributed by atoms with Crippen LogP contribution < -0.4 is 10.6 Å². The van der Waals surface area contributed by atoms with E-state index in [4.69, 9.17) is 0 Å². The van der Waals surface area contributed by atoms with Crippen molar-refractivity contribution in [3.05, 3.63) is 77.6 Å². The third kappa shape index (κ3) is 3.52. The maximum Gasteiger partial charge on any atom is 0.268 e. The number of rotatable bonds is 5. The number of para-hydroxylation sites is 1. The first-order chi connectivity index (χ1) is 12.7. The molecule has 4 rings (SSSR count). The maximum atomic E-state index is 12.6. The van der Waals surface area contributed by atoms with E-state index in [0.717, 1.165) is 29.3 Å². The molecule has 1 aromatic heterocycles. The smallest absolute Gasteiger partial charge is 0.268 e. The molecule has 0 bridgehead atoms. The van der Waals surface area contributed by atoms with E-state index in [0.29, 0.717) is 5.56 Å². The van der Waals surface area contributed by atoms with Gasteiger partial charge in [0.25, 0.3) is 11.8 Å². The summed E-state index contributed by atoms with van der Waals surface area (Å²) in [4.78, 5) is 28.3. The van der Waals surface area contributed by atoms with Crippen LogP contribution in [0.3, 0.4) is 0 Å². The second-order valence-electron chi connectivity index (χ2n) is 6.42. The highest BCUT2D eigenvalue weighted by atomic mass is 16.2. The van der Waals surface area contributed by atoms with E-state index in [1.807, 2.05) is 36.5 Å². The van der Waals surface area contributed by atoms with Gasteiger partial charge in [0.05, 0.1) is 0 Å². The molecule has 130 valence electrons. The van der Waals surface area contributed by atoms with Crippen molar-refractivity contribution in [2.24, 2.45) is 0 Å². The largest absolute Gasteiger partial charge is 0.361 e. The standard InChI is InChI=1S/C21H19N3O2/c25-20(14-6-2-1-3-7-14)24-19(21(26)23-16-10-11-16)12-15-13-22-18-9-5-4-8-17(15)18/h1-9,12-13,16,22H,10-11H2,(H,23,26)(H,24,25). The summed E-state index contributed by atoms with van der Waals surface area (Å²) in [7, 11) is 0. The number of hydrogen-bond donors (Lipinski definition) is 3.